The minimum Gasteiger partial charge on any atom is -0.490 e. The summed E-state index contributed by atoms with van der Waals surface area (Å²) in [6.07, 6.45) is 0. The van der Waals surface area contributed by atoms with Gasteiger partial charge >= 0.3 is 0 Å². The molecule has 0 saturated heterocycles. The third kappa shape index (κ3) is 7.94. The van der Waals surface area contributed by atoms with Crippen molar-refractivity contribution < 1.29 is 23.7 Å². The van der Waals surface area contributed by atoms with E-state index in [1.807, 2.05) is 20.8 Å². The standard InChI is InChI=1S/C21H36N2O5/c1-6-23(7-2)12-14-25-13-11-22-21(24)17-15-18(26-8-3)20(28-10-5)19(16-17)27-9-4/h15-16H,6-14H2,1-5H3,(H,22,24). The summed E-state index contributed by atoms with van der Waals surface area (Å²) < 4.78 is 22.6. The molecule has 1 aromatic rings. The molecule has 1 aromatic carbocycles. The maximum absolute atomic E-state index is 12.5. The number of likely N-dealkylation sites (N-methyl/N-ethyl adjacent to an activating group) is 1. The quantitative estimate of drug-likeness (QED) is 0.460. The van der Waals surface area contributed by atoms with E-state index in [9.17, 15) is 4.79 Å². The number of carbonyl (C=O) groups excluding carboxylic acids is 1. The lowest BCUT2D eigenvalue weighted by Crippen LogP contribution is -2.30. The molecule has 0 fully saturated rings. The first kappa shape index (κ1) is 24.0. The predicted octanol–water partition coefficient (Wildman–Crippen LogP) is 2.97. The lowest BCUT2D eigenvalue weighted by atomic mass is 10.1. The Hall–Kier alpha value is -1.99. The van der Waals surface area contributed by atoms with Crippen LogP contribution in [0.25, 0.3) is 0 Å². The highest BCUT2D eigenvalue weighted by atomic mass is 16.5. The van der Waals surface area contributed by atoms with Gasteiger partial charge in [-0.2, -0.15) is 0 Å². The summed E-state index contributed by atoms with van der Waals surface area (Å²) >= 11 is 0. The molecule has 1 N–H and O–H groups in total. The number of rotatable bonds is 15. The van der Waals surface area contributed by atoms with Crippen LogP contribution in [0.15, 0.2) is 12.1 Å². The Kier molecular flexibility index (Phi) is 12.1. The Bertz CT molecular complexity index is 549. The van der Waals surface area contributed by atoms with Gasteiger partial charge in [-0.05, 0) is 46.0 Å². The number of amides is 1. The molecule has 1 rings (SSSR count). The van der Waals surface area contributed by atoms with Crippen molar-refractivity contribution in [3.8, 4) is 17.2 Å². The second-order valence-corrected chi connectivity index (χ2v) is 6.00. The van der Waals surface area contributed by atoms with Crippen LogP contribution in [-0.4, -0.2) is 70.0 Å². The van der Waals surface area contributed by atoms with Crippen LogP contribution in [0, 0.1) is 0 Å². The zero-order chi connectivity index (χ0) is 20.8. The number of hydrogen-bond donors (Lipinski definition) is 1. The molecule has 0 radical (unpaired) electrons. The lowest BCUT2D eigenvalue weighted by molar-refractivity contribution is 0.0883. The average molecular weight is 397 g/mol. The molecule has 0 spiro atoms. The maximum atomic E-state index is 12.5. The molecule has 1 amide bonds. The van der Waals surface area contributed by atoms with Gasteiger partial charge in [-0.3, -0.25) is 4.79 Å². The largest absolute Gasteiger partial charge is 0.490 e. The first-order chi connectivity index (χ1) is 13.6. The Morgan fingerprint density at radius 3 is 1.96 bits per heavy atom. The highest BCUT2D eigenvalue weighted by Crippen LogP contribution is 2.39. The smallest absolute Gasteiger partial charge is 0.251 e. The molecule has 160 valence electrons. The molecule has 28 heavy (non-hydrogen) atoms. The van der Waals surface area contributed by atoms with Crippen molar-refractivity contribution in [1.29, 1.82) is 0 Å². The highest BCUT2D eigenvalue weighted by Gasteiger charge is 2.18. The van der Waals surface area contributed by atoms with Gasteiger partial charge in [-0.1, -0.05) is 13.8 Å². The summed E-state index contributed by atoms with van der Waals surface area (Å²) in [7, 11) is 0. The minimum absolute atomic E-state index is 0.197. The van der Waals surface area contributed by atoms with Crippen molar-refractivity contribution in [2.24, 2.45) is 0 Å². The van der Waals surface area contributed by atoms with E-state index in [1.54, 1.807) is 12.1 Å². The van der Waals surface area contributed by atoms with Crippen molar-refractivity contribution in [1.82, 2.24) is 10.2 Å². The molecule has 0 bridgehead atoms. The molecular formula is C21H36N2O5. The zero-order valence-electron chi connectivity index (χ0n) is 18.0. The van der Waals surface area contributed by atoms with E-state index in [1.165, 1.54) is 0 Å². The molecule has 0 aliphatic carbocycles. The van der Waals surface area contributed by atoms with Gasteiger partial charge in [-0.25, -0.2) is 0 Å². The monoisotopic (exact) mass is 396 g/mol. The number of carbonyl (C=O) groups is 1. The Morgan fingerprint density at radius 2 is 1.46 bits per heavy atom. The molecule has 7 heteroatoms. The van der Waals surface area contributed by atoms with E-state index in [-0.39, 0.29) is 5.91 Å². The van der Waals surface area contributed by atoms with Crippen LogP contribution in [0.2, 0.25) is 0 Å². The third-order valence-electron chi connectivity index (χ3n) is 4.15. The molecule has 0 heterocycles. The molecule has 0 atom stereocenters. The Morgan fingerprint density at radius 1 is 0.893 bits per heavy atom. The van der Waals surface area contributed by atoms with Gasteiger partial charge in [-0.15, -0.1) is 0 Å². The van der Waals surface area contributed by atoms with Crippen LogP contribution in [0.3, 0.4) is 0 Å². The van der Waals surface area contributed by atoms with Crippen LogP contribution < -0.4 is 19.5 Å². The van der Waals surface area contributed by atoms with Crippen molar-refractivity contribution in [2.45, 2.75) is 34.6 Å². The number of ether oxygens (including phenoxy) is 4. The first-order valence-electron chi connectivity index (χ1n) is 10.3. The molecule has 0 aliphatic heterocycles. The second-order valence-electron chi connectivity index (χ2n) is 6.00. The predicted molar refractivity (Wildman–Crippen MR) is 111 cm³/mol. The normalized spacial score (nSPS) is 10.8. The Balaban J connectivity index is 2.66. The highest BCUT2D eigenvalue weighted by molar-refractivity contribution is 5.95. The second kappa shape index (κ2) is 14.1. The third-order valence-corrected chi connectivity index (χ3v) is 4.15. The average Bonchev–Trinajstić information content (AvgIpc) is 2.70. The van der Waals surface area contributed by atoms with Crippen molar-refractivity contribution in [2.75, 3.05) is 59.2 Å². The van der Waals surface area contributed by atoms with Gasteiger partial charge in [0.15, 0.2) is 11.5 Å². The zero-order valence-corrected chi connectivity index (χ0v) is 18.0. The van der Waals surface area contributed by atoms with Gasteiger partial charge in [0, 0.05) is 18.7 Å². The summed E-state index contributed by atoms with van der Waals surface area (Å²) in [6, 6.07) is 3.38. The number of nitrogens with one attached hydrogen (secondary N) is 1. The topological polar surface area (TPSA) is 69.3 Å². The molecule has 7 nitrogen and oxygen atoms in total. The van der Waals surface area contributed by atoms with Crippen LogP contribution in [0.4, 0.5) is 0 Å². The van der Waals surface area contributed by atoms with E-state index in [4.69, 9.17) is 18.9 Å². The first-order valence-corrected chi connectivity index (χ1v) is 10.3. The van der Waals surface area contributed by atoms with E-state index >= 15 is 0 Å². The number of benzene rings is 1. The summed E-state index contributed by atoms with van der Waals surface area (Å²) in [5.41, 5.74) is 0.471. The van der Waals surface area contributed by atoms with E-state index < -0.39 is 0 Å². The van der Waals surface area contributed by atoms with Gasteiger partial charge < -0.3 is 29.2 Å². The van der Waals surface area contributed by atoms with Crippen molar-refractivity contribution in [3.05, 3.63) is 17.7 Å². The molecule has 0 saturated carbocycles. The minimum atomic E-state index is -0.197. The van der Waals surface area contributed by atoms with Crippen molar-refractivity contribution in [3.63, 3.8) is 0 Å². The van der Waals surface area contributed by atoms with E-state index in [0.717, 1.165) is 19.6 Å². The lowest BCUT2D eigenvalue weighted by Gasteiger charge is -2.18. The molecule has 0 aromatic heterocycles. The van der Waals surface area contributed by atoms with Crippen LogP contribution in [0.5, 0.6) is 17.2 Å². The molecule has 0 unspecified atom stereocenters. The fourth-order valence-electron chi connectivity index (χ4n) is 2.69. The summed E-state index contributed by atoms with van der Waals surface area (Å²) in [4.78, 5) is 14.8. The van der Waals surface area contributed by atoms with Crippen LogP contribution >= 0.6 is 0 Å². The number of nitrogens with zero attached hydrogens (tertiary/aromatic N) is 1. The number of hydrogen-bond acceptors (Lipinski definition) is 6. The Labute approximate surface area is 169 Å². The van der Waals surface area contributed by atoms with Gasteiger partial charge in [0.05, 0.1) is 33.0 Å². The summed E-state index contributed by atoms with van der Waals surface area (Å²) in [5, 5.41) is 2.88. The maximum Gasteiger partial charge on any atom is 0.251 e. The van der Waals surface area contributed by atoms with Crippen molar-refractivity contribution >= 4 is 5.91 Å². The molecule has 0 aliphatic rings. The van der Waals surface area contributed by atoms with E-state index in [2.05, 4.69) is 24.1 Å². The van der Waals surface area contributed by atoms with Gasteiger partial charge in [0.1, 0.15) is 0 Å². The SMILES string of the molecule is CCOc1cc(C(=O)NCCOCCN(CC)CC)cc(OCC)c1OCC. The molecular weight excluding hydrogens is 360 g/mol. The van der Waals surface area contributed by atoms with Gasteiger partial charge in [0.25, 0.3) is 5.91 Å². The summed E-state index contributed by atoms with van der Waals surface area (Å²) in [6.45, 7) is 15.9. The summed E-state index contributed by atoms with van der Waals surface area (Å²) in [5.74, 6) is 1.35. The fraction of sp³-hybridized carbons (Fsp3) is 0.667. The van der Waals surface area contributed by atoms with Crippen LogP contribution in [-0.2, 0) is 4.74 Å². The van der Waals surface area contributed by atoms with E-state index in [0.29, 0.717) is 62.4 Å². The van der Waals surface area contributed by atoms with Gasteiger partial charge in [0.2, 0.25) is 5.75 Å². The fourth-order valence-corrected chi connectivity index (χ4v) is 2.69. The van der Waals surface area contributed by atoms with Crippen LogP contribution in [0.1, 0.15) is 45.0 Å².